The molecule has 1 heterocycles. The average molecular weight is 210 g/mol. The van der Waals surface area contributed by atoms with Crippen LogP contribution in [0.2, 0.25) is 0 Å². The van der Waals surface area contributed by atoms with Gasteiger partial charge in [-0.1, -0.05) is 6.07 Å². The smallest absolute Gasteiger partial charge is 0.125 e. The molecular weight excluding hydrogens is 200 g/mol. The average Bonchev–Trinajstić information content (AvgIpc) is 2.29. The summed E-state index contributed by atoms with van der Waals surface area (Å²) in [5, 5.41) is 8.88. The summed E-state index contributed by atoms with van der Waals surface area (Å²) in [6.45, 7) is 1.83. The predicted octanol–water partition coefficient (Wildman–Crippen LogP) is 1.91. The van der Waals surface area contributed by atoms with Crippen LogP contribution in [0, 0.1) is 18.3 Å². The Labute approximate surface area is 93.4 Å². The fraction of sp³-hybridized carbons (Fsp3) is 0.0833. The molecule has 0 saturated heterocycles. The van der Waals surface area contributed by atoms with Crippen molar-refractivity contribution in [3.05, 3.63) is 41.9 Å². The first-order chi connectivity index (χ1) is 7.70. The van der Waals surface area contributed by atoms with Gasteiger partial charge in [0.05, 0.1) is 11.3 Å². The van der Waals surface area contributed by atoms with E-state index in [9.17, 15) is 0 Å². The van der Waals surface area contributed by atoms with Crippen LogP contribution in [0.15, 0.2) is 30.5 Å². The van der Waals surface area contributed by atoms with Crippen LogP contribution in [0.5, 0.6) is 0 Å². The second-order valence-corrected chi connectivity index (χ2v) is 3.40. The molecule has 0 bridgehead atoms. The Balaban J connectivity index is 2.54. The Bertz CT molecular complexity index is 569. The molecule has 78 valence electrons. The van der Waals surface area contributed by atoms with Gasteiger partial charge in [-0.25, -0.2) is 9.97 Å². The zero-order valence-electron chi connectivity index (χ0n) is 8.81. The van der Waals surface area contributed by atoms with E-state index in [-0.39, 0.29) is 0 Å². The third kappa shape index (κ3) is 1.84. The van der Waals surface area contributed by atoms with Crippen molar-refractivity contribution in [3.63, 3.8) is 0 Å². The van der Waals surface area contributed by atoms with Gasteiger partial charge in [-0.2, -0.15) is 5.26 Å². The lowest BCUT2D eigenvalue weighted by molar-refractivity contribution is 1.06. The van der Waals surface area contributed by atoms with Gasteiger partial charge in [-0.05, 0) is 25.1 Å². The SMILES string of the molecule is Cc1nccc(-c2ccc(N)c(C#N)c2)n1. The number of rotatable bonds is 1. The fourth-order valence-corrected chi connectivity index (χ4v) is 1.43. The first kappa shape index (κ1) is 10.1. The van der Waals surface area contributed by atoms with Crippen LogP contribution < -0.4 is 5.73 Å². The van der Waals surface area contributed by atoms with Gasteiger partial charge in [0.2, 0.25) is 0 Å². The van der Waals surface area contributed by atoms with Gasteiger partial charge in [-0.15, -0.1) is 0 Å². The van der Waals surface area contributed by atoms with Crippen LogP contribution in [-0.2, 0) is 0 Å². The molecule has 0 atom stereocenters. The van der Waals surface area contributed by atoms with E-state index in [0.29, 0.717) is 17.1 Å². The summed E-state index contributed by atoms with van der Waals surface area (Å²) < 4.78 is 0. The van der Waals surface area contributed by atoms with Gasteiger partial charge in [-0.3, -0.25) is 0 Å². The van der Waals surface area contributed by atoms with Crippen LogP contribution in [-0.4, -0.2) is 9.97 Å². The quantitative estimate of drug-likeness (QED) is 0.729. The van der Waals surface area contributed by atoms with Crippen molar-refractivity contribution in [2.45, 2.75) is 6.92 Å². The number of hydrogen-bond donors (Lipinski definition) is 1. The highest BCUT2D eigenvalue weighted by atomic mass is 14.9. The number of nitrogens with zero attached hydrogens (tertiary/aromatic N) is 3. The molecule has 0 aliphatic rings. The Morgan fingerprint density at radius 2 is 2.12 bits per heavy atom. The molecule has 4 nitrogen and oxygen atoms in total. The highest BCUT2D eigenvalue weighted by Gasteiger charge is 2.03. The molecule has 0 spiro atoms. The van der Waals surface area contributed by atoms with Crippen molar-refractivity contribution < 1.29 is 0 Å². The van der Waals surface area contributed by atoms with Crippen molar-refractivity contribution in [2.75, 3.05) is 5.73 Å². The van der Waals surface area contributed by atoms with Crippen LogP contribution in [0.25, 0.3) is 11.3 Å². The summed E-state index contributed by atoms with van der Waals surface area (Å²) in [6, 6.07) is 9.15. The minimum Gasteiger partial charge on any atom is -0.398 e. The van der Waals surface area contributed by atoms with Gasteiger partial charge >= 0.3 is 0 Å². The number of benzene rings is 1. The van der Waals surface area contributed by atoms with E-state index in [1.54, 1.807) is 24.4 Å². The monoisotopic (exact) mass is 210 g/mol. The van der Waals surface area contributed by atoms with Crippen LogP contribution >= 0.6 is 0 Å². The Hall–Kier alpha value is -2.41. The van der Waals surface area contributed by atoms with E-state index < -0.39 is 0 Å². The molecule has 0 saturated carbocycles. The van der Waals surface area contributed by atoms with Gasteiger partial charge in [0, 0.05) is 17.4 Å². The van der Waals surface area contributed by atoms with Crippen molar-refractivity contribution >= 4 is 5.69 Å². The lowest BCUT2D eigenvalue weighted by atomic mass is 10.1. The van der Waals surface area contributed by atoms with Crippen molar-refractivity contribution in [2.24, 2.45) is 0 Å². The lowest BCUT2D eigenvalue weighted by Gasteiger charge is -2.03. The summed E-state index contributed by atoms with van der Waals surface area (Å²) in [4.78, 5) is 8.31. The third-order valence-electron chi connectivity index (χ3n) is 2.25. The molecule has 0 fully saturated rings. The van der Waals surface area contributed by atoms with Crippen LogP contribution in [0.1, 0.15) is 11.4 Å². The van der Waals surface area contributed by atoms with Gasteiger partial charge < -0.3 is 5.73 Å². The second kappa shape index (κ2) is 3.99. The molecule has 0 aliphatic heterocycles. The molecule has 0 aliphatic carbocycles. The van der Waals surface area contributed by atoms with Gasteiger partial charge in [0.1, 0.15) is 11.9 Å². The largest absolute Gasteiger partial charge is 0.398 e. The van der Waals surface area contributed by atoms with E-state index in [0.717, 1.165) is 11.3 Å². The Morgan fingerprint density at radius 3 is 2.81 bits per heavy atom. The van der Waals surface area contributed by atoms with E-state index in [1.165, 1.54) is 0 Å². The standard InChI is InChI=1S/C12H10N4/c1-8-15-5-4-12(16-8)9-2-3-11(14)10(6-9)7-13/h2-6H,14H2,1H3. The zero-order valence-corrected chi connectivity index (χ0v) is 8.81. The molecule has 1 aromatic carbocycles. The summed E-state index contributed by atoms with van der Waals surface area (Å²) in [6.07, 6.45) is 1.69. The first-order valence-corrected chi connectivity index (χ1v) is 4.80. The van der Waals surface area contributed by atoms with E-state index >= 15 is 0 Å². The first-order valence-electron chi connectivity index (χ1n) is 4.80. The number of hydrogen-bond acceptors (Lipinski definition) is 4. The van der Waals surface area contributed by atoms with Crippen molar-refractivity contribution in [3.8, 4) is 17.3 Å². The molecule has 2 rings (SSSR count). The number of anilines is 1. The maximum Gasteiger partial charge on any atom is 0.125 e. The van der Waals surface area contributed by atoms with Gasteiger partial charge in [0.25, 0.3) is 0 Å². The fourth-order valence-electron chi connectivity index (χ4n) is 1.43. The minimum atomic E-state index is 0.466. The molecule has 2 N–H and O–H groups in total. The molecular formula is C12H10N4. The third-order valence-corrected chi connectivity index (χ3v) is 2.25. The number of aryl methyl sites for hydroxylation is 1. The molecule has 4 heteroatoms. The summed E-state index contributed by atoms with van der Waals surface area (Å²) in [5.74, 6) is 0.702. The van der Waals surface area contributed by atoms with E-state index in [2.05, 4.69) is 16.0 Å². The zero-order chi connectivity index (χ0) is 11.5. The second-order valence-electron chi connectivity index (χ2n) is 3.40. The number of nitrogens with two attached hydrogens (primary N) is 1. The van der Waals surface area contributed by atoms with Crippen molar-refractivity contribution in [1.29, 1.82) is 5.26 Å². The molecule has 0 radical (unpaired) electrons. The summed E-state index contributed by atoms with van der Waals surface area (Å²) in [5.41, 5.74) is 8.27. The molecule has 0 unspecified atom stereocenters. The van der Waals surface area contributed by atoms with Crippen molar-refractivity contribution in [1.82, 2.24) is 9.97 Å². The molecule has 0 amide bonds. The van der Waals surface area contributed by atoms with Crippen LogP contribution in [0.3, 0.4) is 0 Å². The number of nitriles is 1. The van der Waals surface area contributed by atoms with E-state index in [4.69, 9.17) is 11.0 Å². The summed E-state index contributed by atoms with van der Waals surface area (Å²) in [7, 11) is 0. The maximum atomic E-state index is 8.88. The Kier molecular flexibility index (Phi) is 2.52. The molecule has 16 heavy (non-hydrogen) atoms. The molecule has 1 aromatic heterocycles. The summed E-state index contributed by atoms with van der Waals surface area (Å²) >= 11 is 0. The lowest BCUT2D eigenvalue weighted by Crippen LogP contribution is -1.93. The molecule has 2 aromatic rings. The predicted molar refractivity (Wildman–Crippen MR) is 61.3 cm³/mol. The van der Waals surface area contributed by atoms with Gasteiger partial charge in [0.15, 0.2) is 0 Å². The number of nitrogen functional groups attached to an aromatic ring is 1. The highest BCUT2D eigenvalue weighted by Crippen LogP contribution is 2.21. The number of aromatic nitrogens is 2. The minimum absolute atomic E-state index is 0.466. The Morgan fingerprint density at radius 1 is 1.31 bits per heavy atom. The van der Waals surface area contributed by atoms with E-state index in [1.807, 2.05) is 13.0 Å². The normalized spacial score (nSPS) is 9.75. The van der Waals surface area contributed by atoms with Crippen LogP contribution in [0.4, 0.5) is 5.69 Å². The maximum absolute atomic E-state index is 8.88. The highest BCUT2D eigenvalue weighted by molar-refractivity contribution is 5.67. The topological polar surface area (TPSA) is 75.6 Å².